The van der Waals surface area contributed by atoms with Gasteiger partial charge in [0, 0.05) is 26.2 Å². The van der Waals surface area contributed by atoms with E-state index in [0.717, 1.165) is 9.87 Å². The molecule has 0 unspecified atom stereocenters. The van der Waals surface area contributed by atoms with E-state index in [1.807, 2.05) is 30.3 Å². The standard InChI is InChI=1S/C14H22N2O4S/c1-12(2)16(11-13-7-5-4-6-8-13)21(19,20)15(3)10-9-14(17)18/h4-8,12H,9-11H2,1-3H3,(H,17,18). The number of nitrogens with zero attached hydrogens (tertiary/aromatic N) is 2. The lowest BCUT2D eigenvalue weighted by Gasteiger charge is -2.30. The molecule has 0 aromatic heterocycles. The summed E-state index contributed by atoms with van der Waals surface area (Å²) >= 11 is 0. The number of hydrogen-bond acceptors (Lipinski definition) is 3. The number of hydrogen-bond donors (Lipinski definition) is 1. The van der Waals surface area contributed by atoms with Gasteiger partial charge < -0.3 is 5.11 Å². The third kappa shape index (κ3) is 5.11. The van der Waals surface area contributed by atoms with Crippen molar-refractivity contribution in [1.82, 2.24) is 8.61 Å². The molecule has 0 fully saturated rings. The second kappa shape index (κ2) is 7.53. The van der Waals surface area contributed by atoms with Gasteiger partial charge >= 0.3 is 5.97 Å². The van der Waals surface area contributed by atoms with E-state index in [2.05, 4.69) is 0 Å². The summed E-state index contributed by atoms with van der Waals surface area (Å²) in [4.78, 5) is 10.6. The number of benzene rings is 1. The van der Waals surface area contributed by atoms with Gasteiger partial charge in [0.15, 0.2) is 0 Å². The zero-order valence-corrected chi connectivity index (χ0v) is 13.4. The summed E-state index contributed by atoms with van der Waals surface area (Å²) in [5, 5.41) is 8.68. The van der Waals surface area contributed by atoms with Crippen molar-refractivity contribution in [3.8, 4) is 0 Å². The second-order valence-electron chi connectivity index (χ2n) is 5.10. The Morgan fingerprint density at radius 1 is 1.24 bits per heavy atom. The van der Waals surface area contributed by atoms with Crippen molar-refractivity contribution >= 4 is 16.2 Å². The van der Waals surface area contributed by atoms with Crippen molar-refractivity contribution in [3.05, 3.63) is 35.9 Å². The minimum atomic E-state index is -3.69. The molecule has 0 saturated carbocycles. The van der Waals surface area contributed by atoms with Gasteiger partial charge in [-0.2, -0.15) is 17.0 Å². The molecule has 0 saturated heterocycles. The van der Waals surface area contributed by atoms with Crippen molar-refractivity contribution in [2.75, 3.05) is 13.6 Å². The van der Waals surface area contributed by atoms with Crippen LogP contribution in [0.5, 0.6) is 0 Å². The van der Waals surface area contributed by atoms with Crippen LogP contribution in [0.15, 0.2) is 30.3 Å². The van der Waals surface area contributed by atoms with E-state index in [4.69, 9.17) is 5.11 Å². The molecule has 1 N–H and O–H groups in total. The Morgan fingerprint density at radius 2 is 1.81 bits per heavy atom. The fraction of sp³-hybridized carbons (Fsp3) is 0.500. The Morgan fingerprint density at radius 3 is 2.29 bits per heavy atom. The summed E-state index contributed by atoms with van der Waals surface area (Å²) in [6, 6.07) is 9.09. The molecule has 0 heterocycles. The molecule has 1 aromatic carbocycles. The first-order chi connectivity index (χ1) is 9.75. The zero-order chi connectivity index (χ0) is 16.0. The number of carboxylic acid groups (broad SMARTS) is 1. The van der Waals surface area contributed by atoms with E-state index < -0.39 is 16.2 Å². The Labute approximate surface area is 126 Å². The number of carbonyl (C=O) groups is 1. The van der Waals surface area contributed by atoms with Gasteiger partial charge in [0.2, 0.25) is 0 Å². The molecular weight excluding hydrogens is 292 g/mol. The summed E-state index contributed by atoms with van der Waals surface area (Å²) in [6.45, 7) is 3.81. The minimum Gasteiger partial charge on any atom is -0.481 e. The van der Waals surface area contributed by atoms with Crippen LogP contribution >= 0.6 is 0 Å². The fourth-order valence-corrected chi connectivity index (χ4v) is 3.37. The molecule has 0 atom stereocenters. The highest BCUT2D eigenvalue weighted by atomic mass is 32.2. The average molecular weight is 314 g/mol. The lowest BCUT2D eigenvalue weighted by molar-refractivity contribution is -0.137. The zero-order valence-electron chi connectivity index (χ0n) is 12.6. The van der Waals surface area contributed by atoms with E-state index >= 15 is 0 Å². The molecule has 118 valence electrons. The van der Waals surface area contributed by atoms with Gasteiger partial charge in [0.05, 0.1) is 6.42 Å². The predicted octanol–water partition coefficient (Wildman–Crippen LogP) is 1.55. The molecular formula is C14H22N2O4S. The number of aliphatic carboxylic acids is 1. The number of rotatable bonds is 8. The first-order valence-electron chi connectivity index (χ1n) is 6.74. The van der Waals surface area contributed by atoms with Crippen molar-refractivity contribution in [3.63, 3.8) is 0 Å². The molecule has 1 aromatic rings. The highest BCUT2D eigenvalue weighted by Gasteiger charge is 2.29. The minimum absolute atomic E-state index is 0.0460. The van der Waals surface area contributed by atoms with Crippen LogP contribution in [0.4, 0.5) is 0 Å². The van der Waals surface area contributed by atoms with Gasteiger partial charge in [-0.25, -0.2) is 0 Å². The van der Waals surface area contributed by atoms with Gasteiger partial charge in [0.1, 0.15) is 0 Å². The summed E-state index contributed by atoms with van der Waals surface area (Å²) < 4.78 is 27.5. The van der Waals surface area contributed by atoms with Crippen molar-refractivity contribution < 1.29 is 18.3 Å². The van der Waals surface area contributed by atoms with Crippen LogP contribution in [0.1, 0.15) is 25.8 Å². The van der Waals surface area contributed by atoms with Crippen molar-refractivity contribution in [2.45, 2.75) is 32.9 Å². The van der Waals surface area contributed by atoms with Crippen LogP contribution in [0.2, 0.25) is 0 Å². The van der Waals surface area contributed by atoms with Crippen LogP contribution in [-0.2, 0) is 21.5 Å². The first kappa shape index (κ1) is 17.6. The molecule has 0 spiro atoms. The summed E-state index contributed by atoms with van der Waals surface area (Å²) in [5.74, 6) is -1.02. The third-order valence-corrected chi connectivity index (χ3v) is 5.20. The Hall–Kier alpha value is -1.44. The van der Waals surface area contributed by atoms with Gasteiger partial charge in [-0.15, -0.1) is 0 Å². The molecule has 0 aliphatic carbocycles. The average Bonchev–Trinajstić information content (AvgIpc) is 2.42. The molecule has 21 heavy (non-hydrogen) atoms. The second-order valence-corrected chi connectivity index (χ2v) is 7.09. The van der Waals surface area contributed by atoms with E-state index in [9.17, 15) is 13.2 Å². The molecule has 0 bridgehead atoms. The van der Waals surface area contributed by atoms with Crippen LogP contribution in [0, 0.1) is 0 Å². The molecule has 0 radical (unpaired) electrons. The SMILES string of the molecule is CC(C)N(Cc1ccccc1)S(=O)(=O)N(C)CCC(=O)O. The fourth-order valence-electron chi connectivity index (χ4n) is 1.84. The summed E-state index contributed by atoms with van der Waals surface area (Å²) in [6.07, 6.45) is -0.215. The van der Waals surface area contributed by atoms with Crippen LogP contribution in [-0.4, -0.2) is 47.7 Å². The molecule has 1 rings (SSSR count). The Kier molecular flexibility index (Phi) is 6.32. The van der Waals surface area contributed by atoms with E-state index in [-0.39, 0.29) is 25.6 Å². The highest BCUT2D eigenvalue weighted by Crippen LogP contribution is 2.16. The Balaban J connectivity index is 2.90. The largest absolute Gasteiger partial charge is 0.481 e. The maximum atomic E-state index is 12.5. The predicted molar refractivity (Wildman–Crippen MR) is 80.9 cm³/mol. The van der Waals surface area contributed by atoms with E-state index in [1.165, 1.54) is 11.4 Å². The van der Waals surface area contributed by atoms with Crippen LogP contribution < -0.4 is 0 Å². The maximum Gasteiger partial charge on any atom is 0.304 e. The molecule has 0 aliphatic heterocycles. The quantitative estimate of drug-likeness (QED) is 0.789. The summed E-state index contributed by atoms with van der Waals surface area (Å²) in [7, 11) is -2.29. The molecule has 7 heteroatoms. The van der Waals surface area contributed by atoms with E-state index in [0.29, 0.717) is 0 Å². The van der Waals surface area contributed by atoms with Gasteiger partial charge in [-0.1, -0.05) is 30.3 Å². The van der Waals surface area contributed by atoms with Crippen molar-refractivity contribution in [1.29, 1.82) is 0 Å². The first-order valence-corrected chi connectivity index (χ1v) is 8.13. The molecule has 6 nitrogen and oxygen atoms in total. The topological polar surface area (TPSA) is 77.9 Å². The highest BCUT2D eigenvalue weighted by molar-refractivity contribution is 7.86. The van der Waals surface area contributed by atoms with Gasteiger partial charge in [0.25, 0.3) is 10.2 Å². The Bertz CT molecular complexity index is 558. The molecule has 0 amide bonds. The lowest BCUT2D eigenvalue weighted by Crippen LogP contribution is -2.45. The molecule has 0 aliphatic rings. The summed E-state index contributed by atoms with van der Waals surface area (Å²) in [5.41, 5.74) is 0.890. The van der Waals surface area contributed by atoms with Gasteiger partial charge in [-0.3, -0.25) is 4.79 Å². The van der Waals surface area contributed by atoms with Crippen LogP contribution in [0.25, 0.3) is 0 Å². The third-order valence-electron chi connectivity index (χ3n) is 3.09. The van der Waals surface area contributed by atoms with Crippen LogP contribution in [0.3, 0.4) is 0 Å². The monoisotopic (exact) mass is 314 g/mol. The number of carboxylic acids is 1. The normalized spacial score (nSPS) is 12.3. The van der Waals surface area contributed by atoms with Gasteiger partial charge in [-0.05, 0) is 19.4 Å². The smallest absolute Gasteiger partial charge is 0.304 e. The lowest BCUT2D eigenvalue weighted by atomic mass is 10.2. The van der Waals surface area contributed by atoms with Crippen molar-refractivity contribution in [2.24, 2.45) is 0 Å². The van der Waals surface area contributed by atoms with E-state index in [1.54, 1.807) is 13.8 Å². The maximum absolute atomic E-state index is 12.5.